The molecule has 0 spiro atoms. The molecule has 29 heavy (non-hydrogen) atoms. The van der Waals surface area contributed by atoms with E-state index in [1.165, 1.54) is 0 Å². The standard InChI is InChI=1S/C22H19N3O4/c1-27-20-12-18-19(13-21(20)28-2)25(14-23-18)16-10-8-15(9-11-16)24-22(26)29-17-6-4-3-5-7-17/h3-14H,1-2H3,(H,24,26). The summed E-state index contributed by atoms with van der Waals surface area (Å²) in [5.41, 5.74) is 3.18. The molecule has 0 unspecified atom stereocenters. The highest BCUT2D eigenvalue weighted by Crippen LogP contribution is 2.32. The smallest absolute Gasteiger partial charge is 0.417 e. The number of hydrogen-bond donors (Lipinski definition) is 1. The summed E-state index contributed by atoms with van der Waals surface area (Å²) in [6.07, 6.45) is 1.18. The minimum Gasteiger partial charge on any atom is -0.493 e. The normalized spacial score (nSPS) is 10.6. The van der Waals surface area contributed by atoms with Crippen molar-refractivity contribution in [2.75, 3.05) is 19.5 Å². The van der Waals surface area contributed by atoms with Crippen molar-refractivity contribution in [1.82, 2.24) is 9.55 Å². The minimum absolute atomic E-state index is 0.482. The highest BCUT2D eigenvalue weighted by atomic mass is 16.6. The van der Waals surface area contributed by atoms with Crippen LogP contribution >= 0.6 is 0 Å². The fourth-order valence-corrected chi connectivity index (χ4v) is 2.99. The molecule has 4 aromatic rings. The van der Waals surface area contributed by atoms with E-state index in [0.717, 1.165) is 16.7 Å². The zero-order valence-electron chi connectivity index (χ0n) is 16.0. The van der Waals surface area contributed by atoms with Gasteiger partial charge in [-0.05, 0) is 36.4 Å². The summed E-state index contributed by atoms with van der Waals surface area (Å²) in [4.78, 5) is 16.5. The van der Waals surface area contributed by atoms with Crippen molar-refractivity contribution < 1.29 is 19.0 Å². The number of ether oxygens (including phenoxy) is 3. The lowest BCUT2D eigenvalue weighted by molar-refractivity contribution is 0.215. The average Bonchev–Trinajstić information content (AvgIpc) is 3.16. The van der Waals surface area contributed by atoms with Gasteiger partial charge in [-0.15, -0.1) is 0 Å². The largest absolute Gasteiger partial charge is 0.493 e. The van der Waals surface area contributed by atoms with Gasteiger partial charge in [0.15, 0.2) is 11.5 Å². The van der Waals surface area contributed by atoms with Gasteiger partial charge in [-0.25, -0.2) is 9.78 Å². The molecule has 0 aliphatic rings. The van der Waals surface area contributed by atoms with Crippen LogP contribution in [-0.4, -0.2) is 29.9 Å². The van der Waals surface area contributed by atoms with Crippen LogP contribution in [0.2, 0.25) is 0 Å². The van der Waals surface area contributed by atoms with Gasteiger partial charge in [0, 0.05) is 23.5 Å². The van der Waals surface area contributed by atoms with E-state index in [9.17, 15) is 4.79 Å². The quantitative estimate of drug-likeness (QED) is 0.538. The number of hydrogen-bond acceptors (Lipinski definition) is 5. The number of nitrogens with one attached hydrogen (secondary N) is 1. The number of methoxy groups -OCH3 is 2. The first-order chi connectivity index (χ1) is 14.2. The molecule has 0 saturated carbocycles. The maximum Gasteiger partial charge on any atom is 0.417 e. The fourth-order valence-electron chi connectivity index (χ4n) is 2.99. The van der Waals surface area contributed by atoms with Gasteiger partial charge in [-0.3, -0.25) is 9.88 Å². The molecule has 1 amide bonds. The molecule has 7 heteroatoms. The molecular weight excluding hydrogens is 370 g/mol. The molecule has 0 bridgehead atoms. The molecule has 1 aromatic heterocycles. The summed E-state index contributed by atoms with van der Waals surface area (Å²) in [7, 11) is 3.19. The molecule has 0 atom stereocenters. The van der Waals surface area contributed by atoms with Gasteiger partial charge in [0.05, 0.1) is 25.3 Å². The van der Waals surface area contributed by atoms with E-state index in [1.54, 1.807) is 56.9 Å². The second-order valence-electron chi connectivity index (χ2n) is 6.18. The lowest BCUT2D eigenvalue weighted by Gasteiger charge is -2.10. The molecule has 1 heterocycles. The highest BCUT2D eigenvalue weighted by Gasteiger charge is 2.12. The van der Waals surface area contributed by atoms with Crippen molar-refractivity contribution in [1.29, 1.82) is 0 Å². The predicted molar refractivity (Wildman–Crippen MR) is 110 cm³/mol. The van der Waals surface area contributed by atoms with Gasteiger partial charge < -0.3 is 14.2 Å². The van der Waals surface area contributed by atoms with Gasteiger partial charge in [0.25, 0.3) is 0 Å². The Morgan fingerprint density at radius 2 is 1.62 bits per heavy atom. The number of imidazole rings is 1. The van der Waals surface area contributed by atoms with E-state index in [4.69, 9.17) is 14.2 Å². The average molecular weight is 389 g/mol. The predicted octanol–water partition coefficient (Wildman–Crippen LogP) is 4.65. The number of carbonyl (C=O) groups is 1. The number of anilines is 1. The van der Waals surface area contributed by atoms with Crippen molar-refractivity contribution >= 4 is 22.8 Å². The maximum absolute atomic E-state index is 12.0. The zero-order valence-corrected chi connectivity index (χ0v) is 16.0. The summed E-state index contributed by atoms with van der Waals surface area (Å²) >= 11 is 0. The Morgan fingerprint density at radius 1 is 0.931 bits per heavy atom. The monoisotopic (exact) mass is 389 g/mol. The van der Waals surface area contributed by atoms with Crippen LogP contribution in [0.25, 0.3) is 16.7 Å². The van der Waals surface area contributed by atoms with Crippen LogP contribution in [0.15, 0.2) is 73.1 Å². The van der Waals surface area contributed by atoms with E-state index in [-0.39, 0.29) is 0 Å². The number of nitrogens with zero attached hydrogens (tertiary/aromatic N) is 2. The van der Waals surface area contributed by atoms with Crippen LogP contribution in [0.1, 0.15) is 0 Å². The molecule has 7 nitrogen and oxygen atoms in total. The van der Waals surface area contributed by atoms with E-state index >= 15 is 0 Å². The van der Waals surface area contributed by atoms with Crippen molar-refractivity contribution in [3.8, 4) is 22.9 Å². The Bertz CT molecular complexity index is 1140. The molecule has 0 fully saturated rings. The molecule has 3 aromatic carbocycles. The summed E-state index contributed by atoms with van der Waals surface area (Å²) < 4.78 is 17.9. The number of aromatic nitrogens is 2. The third-order valence-electron chi connectivity index (χ3n) is 4.40. The number of benzene rings is 3. The van der Waals surface area contributed by atoms with Gasteiger partial charge in [-0.1, -0.05) is 18.2 Å². The molecular formula is C22H19N3O4. The molecule has 146 valence electrons. The van der Waals surface area contributed by atoms with Crippen LogP contribution in [0.3, 0.4) is 0 Å². The number of rotatable bonds is 5. The maximum atomic E-state index is 12.0. The number of fused-ring (bicyclic) bond motifs is 1. The molecule has 0 radical (unpaired) electrons. The Morgan fingerprint density at radius 3 is 2.31 bits per heavy atom. The second-order valence-corrected chi connectivity index (χ2v) is 6.18. The Labute approximate surface area is 167 Å². The van der Waals surface area contributed by atoms with Gasteiger partial charge in [0.1, 0.15) is 12.1 Å². The van der Waals surface area contributed by atoms with Crippen molar-refractivity contribution in [3.63, 3.8) is 0 Å². The molecule has 1 N–H and O–H groups in total. The van der Waals surface area contributed by atoms with E-state index in [1.807, 2.05) is 34.9 Å². The molecule has 0 aliphatic heterocycles. The van der Waals surface area contributed by atoms with Gasteiger partial charge in [-0.2, -0.15) is 0 Å². The van der Waals surface area contributed by atoms with Gasteiger partial charge >= 0.3 is 6.09 Å². The lowest BCUT2D eigenvalue weighted by atomic mass is 10.2. The lowest BCUT2D eigenvalue weighted by Crippen LogP contribution is -2.16. The topological polar surface area (TPSA) is 74.6 Å². The van der Waals surface area contributed by atoms with E-state index < -0.39 is 6.09 Å². The van der Waals surface area contributed by atoms with Crippen LogP contribution in [-0.2, 0) is 0 Å². The first kappa shape index (κ1) is 18.4. The zero-order chi connectivity index (χ0) is 20.2. The number of para-hydroxylation sites is 1. The fraction of sp³-hybridized carbons (Fsp3) is 0.0909. The first-order valence-corrected chi connectivity index (χ1v) is 8.91. The van der Waals surface area contributed by atoms with E-state index in [0.29, 0.717) is 22.9 Å². The third-order valence-corrected chi connectivity index (χ3v) is 4.40. The summed E-state index contributed by atoms with van der Waals surface area (Å²) in [6, 6.07) is 20.0. The summed E-state index contributed by atoms with van der Waals surface area (Å²) in [5, 5.41) is 2.71. The third kappa shape index (κ3) is 3.84. The number of carbonyl (C=O) groups excluding carboxylic acids is 1. The highest BCUT2D eigenvalue weighted by molar-refractivity contribution is 5.86. The van der Waals surface area contributed by atoms with Crippen LogP contribution < -0.4 is 19.5 Å². The van der Waals surface area contributed by atoms with Crippen molar-refractivity contribution in [3.05, 3.63) is 73.1 Å². The number of amides is 1. The molecule has 4 rings (SSSR count). The van der Waals surface area contributed by atoms with Gasteiger partial charge in [0.2, 0.25) is 0 Å². The van der Waals surface area contributed by atoms with Crippen molar-refractivity contribution in [2.24, 2.45) is 0 Å². The van der Waals surface area contributed by atoms with Crippen LogP contribution in [0.4, 0.5) is 10.5 Å². The summed E-state index contributed by atoms with van der Waals surface area (Å²) in [6.45, 7) is 0. The van der Waals surface area contributed by atoms with Crippen molar-refractivity contribution in [2.45, 2.75) is 0 Å². The Hall–Kier alpha value is -4.00. The molecule has 0 saturated heterocycles. The van der Waals surface area contributed by atoms with Crippen LogP contribution in [0, 0.1) is 0 Å². The first-order valence-electron chi connectivity index (χ1n) is 8.91. The molecule has 0 aliphatic carbocycles. The summed E-state index contributed by atoms with van der Waals surface area (Å²) in [5.74, 6) is 1.74. The van der Waals surface area contributed by atoms with E-state index in [2.05, 4.69) is 10.3 Å². The Balaban J connectivity index is 1.54. The Kier molecular flexibility index (Phi) is 5.03. The minimum atomic E-state index is -0.547. The van der Waals surface area contributed by atoms with Crippen LogP contribution in [0.5, 0.6) is 17.2 Å². The second kappa shape index (κ2) is 7.93. The SMILES string of the molecule is COc1cc2ncn(-c3ccc(NC(=O)Oc4ccccc4)cc3)c2cc1OC.